The number of pyridine rings is 1. The maximum absolute atomic E-state index is 12.8. The molecule has 5 rings (SSSR count). The quantitative estimate of drug-likeness (QED) is 0.460. The van der Waals surface area contributed by atoms with Crippen LogP contribution in [0.1, 0.15) is 24.0 Å². The second-order valence-corrected chi connectivity index (χ2v) is 8.39. The third-order valence-electron chi connectivity index (χ3n) is 6.26. The van der Waals surface area contributed by atoms with E-state index in [4.69, 9.17) is 0 Å². The second-order valence-electron chi connectivity index (χ2n) is 8.39. The van der Waals surface area contributed by atoms with Crippen molar-refractivity contribution in [3.63, 3.8) is 0 Å². The highest BCUT2D eigenvalue weighted by molar-refractivity contribution is 5.80. The van der Waals surface area contributed by atoms with Crippen LogP contribution in [0.4, 0.5) is 0 Å². The predicted octanol–water partition coefficient (Wildman–Crippen LogP) is 4.07. The van der Waals surface area contributed by atoms with Crippen molar-refractivity contribution in [1.82, 2.24) is 19.2 Å². The molecular weight excluding hydrogens is 384 g/mol. The van der Waals surface area contributed by atoms with E-state index in [1.807, 2.05) is 30.6 Å². The number of aryl methyl sites for hydroxylation is 2. The SMILES string of the molecule is O=c1cc(CCc2ccccc2)ccn1-c1ccc2c(cnn2CCN2CCCC2)c1. The molecule has 3 heterocycles. The fourth-order valence-electron chi connectivity index (χ4n) is 4.47. The van der Waals surface area contributed by atoms with Crippen molar-refractivity contribution in [1.29, 1.82) is 0 Å². The van der Waals surface area contributed by atoms with Crippen molar-refractivity contribution in [3.8, 4) is 5.69 Å². The van der Waals surface area contributed by atoms with E-state index in [1.54, 1.807) is 10.6 Å². The molecule has 1 aliphatic rings. The van der Waals surface area contributed by atoms with E-state index in [2.05, 4.69) is 51.1 Å². The molecule has 5 heteroatoms. The summed E-state index contributed by atoms with van der Waals surface area (Å²) in [5.74, 6) is 0. The maximum atomic E-state index is 12.8. The van der Waals surface area contributed by atoms with Gasteiger partial charge >= 0.3 is 0 Å². The van der Waals surface area contributed by atoms with Crippen LogP contribution in [0.5, 0.6) is 0 Å². The van der Waals surface area contributed by atoms with E-state index in [1.165, 1.54) is 31.5 Å². The van der Waals surface area contributed by atoms with E-state index in [9.17, 15) is 4.79 Å². The van der Waals surface area contributed by atoms with Gasteiger partial charge in [-0.1, -0.05) is 30.3 Å². The van der Waals surface area contributed by atoms with E-state index < -0.39 is 0 Å². The first-order valence-corrected chi connectivity index (χ1v) is 11.2. The molecule has 0 radical (unpaired) electrons. The predicted molar refractivity (Wildman–Crippen MR) is 125 cm³/mol. The number of likely N-dealkylation sites (tertiary alicyclic amines) is 1. The molecule has 4 aromatic rings. The lowest BCUT2D eigenvalue weighted by Crippen LogP contribution is -2.24. The van der Waals surface area contributed by atoms with Crippen LogP contribution < -0.4 is 5.56 Å². The molecule has 1 saturated heterocycles. The summed E-state index contributed by atoms with van der Waals surface area (Å²) in [4.78, 5) is 15.3. The Labute approximate surface area is 182 Å². The normalized spacial score (nSPS) is 14.5. The fraction of sp³-hybridized carbons (Fsp3) is 0.308. The molecule has 0 amide bonds. The molecule has 0 N–H and O–H groups in total. The first kappa shape index (κ1) is 19.8. The molecule has 1 fully saturated rings. The minimum absolute atomic E-state index is 0.00587. The Morgan fingerprint density at radius 2 is 1.65 bits per heavy atom. The van der Waals surface area contributed by atoms with Gasteiger partial charge in [0.1, 0.15) is 0 Å². The second kappa shape index (κ2) is 8.90. The van der Waals surface area contributed by atoms with Gasteiger partial charge in [0.05, 0.1) is 18.3 Å². The Bertz CT molecular complexity index is 1220. The van der Waals surface area contributed by atoms with Crippen LogP contribution in [-0.4, -0.2) is 38.9 Å². The highest BCUT2D eigenvalue weighted by atomic mass is 16.1. The van der Waals surface area contributed by atoms with Crippen LogP contribution in [0.25, 0.3) is 16.6 Å². The molecule has 0 saturated carbocycles. The molecule has 2 aromatic heterocycles. The van der Waals surface area contributed by atoms with Crippen molar-refractivity contribution in [2.75, 3.05) is 19.6 Å². The topological polar surface area (TPSA) is 43.1 Å². The van der Waals surface area contributed by atoms with Gasteiger partial charge in [0.2, 0.25) is 0 Å². The third kappa shape index (κ3) is 4.47. The number of fused-ring (bicyclic) bond motifs is 1. The third-order valence-corrected chi connectivity index (χ3v) is 6.26. The van der Waals surface area contributed by atoms with Gasteiger partial charge in [-0.3, -0.25) is 14.0 Å². The van der Waals surface area contributed by atoms with Crippen LogP contribution in [0.2, 0.25) is 0 Å². The first-order valence-electron chi connectivity index (χ1n) is 11.2. The summed E-state index contributed by atoms with van der Waals surface area (Å²) in [5, 5.41) is 5.65. The average molecular weight is 413 g/mol. The van der Waals surface area contributed by atoms with Gasteiger partial charge in [0.15, 0.2) is 0 Å². The lowest BCUT2D eigenvalue weighted by Gasteiger charge is -2.14. The van der Waals surface area contributed by atoms with Crippen molar-refractivity contribution in [3.05, 3.63) is 94.5 Å². The summed E-state index contributed by atoms with van der Waals surface area (Å²) in [6.45, 7) is 4.35. The van der Waals surface area contributed by atoms with Gasteiger partial charge in [-0.2, -0.15) is 5.10 Å². The standard InChI is InChI=1S/C26H28N4O/c31-26-18-22(9-8-21-6-2-1-3-7-21)12-15-29(26)24-10-11-25-23(19-24)20-27-30(25)17-16-28-13-4-5-14-28/h1-3,6-7,10-12,15,18-20H,4-5,8-9,13-14,16-17H2. The highest BCUT2D eigenvalue weighted by Gasteiger charge is 2.12. The number of benzene rings is 2. The monoisotopic (exact) mass is 412 g/mol. The summed E-state index contributed by atoms with van der Waals surface area (Å²) >= 11 is 0. The smallest absolute Gasteiger partial charge is 0.255 e. The summed E-state index contributed by atoms with van der Waals surface area (Å²) in [6, 6.07) is 20.3. The number of hydrogen-bond donors (Lipinski definition) is 0. The number of aromatic nitrogens is 3. The molecule has 31 heavy (non-hydrogen) atoms. The van der Waals surface area contributed by atoms with Crippen LogP contribution >= 0.6 is 0 Å². The molecule has 0 unspecified atom stereocenters. The van der Waals surface area contributed by atoms with Crippen molar-refractivity contribution < 1.29 is 0 Å². The zero-order valence-corrected chi connectivity index (χ0v) is 17.8. The van der Waals surface area contributed by atoms with Crippen LogP contribution in [-0.2, 0) is 19.4 Å². The van der Waals surface area contributed by atoms with Gasteiger partial charge < -0.3 is 4.90 Å². The Morgan fingerprint density at radius 1 is 0.839 bits per heavy atom. The van der Waals surface area contributed by atoms with E-state index in [0.717, 1.165) is 48.1 Å². The molecule has 0 bridgehead atoms. The lowest BCUT2D eigenvalue weighted by molar-refractivity contribution is 0.318. The van der Waals surface area contributed by atoms with Crippen molar-refractivity contribution in [2.24, 2.45) is 0 Å². The minimum atomic E-state index is 0.00587. The number of hydrogen-bond acceptors (Lipinski definition) is 3. The fourth-order valence-corrected chi connectivity index (χ4v) is 4.47. The summed E-state index contributed by atoms with van der Waals surface area (Å²) in [5.41, 5.74) is 4.37. The Kier molecular flexibility index (Phi) is 5.67. The van der Waals surface area contributed by atoms with E-state index in [-0.39, 0.29) is 5.56 Å². The van der Waals surface area contributed by atoms with Crippen LogP contribution in [0.3, 0.4) is 0 Å². The number of nitrogens with zero attached hydrogens (tertiary/aromatic N) is 4. The summed E-state index contributed by atoms with van der Waals surface area (Å²) < 4.78 is 3.79. The first-order chi connectivity index (χ1) is 15.3. The lowest BCUT2D eigenvalue weighted by atomic mass is 10.1. The van der Waals surface area contributed by atoms with Gasteiger partial charge in [-0.15, -0.1) is 0 Å². The highest BCUT2D eigenvalue weighted by Crippen LogP contribution is 2.18. The average Bonchev–Trinajstić information content (AvgIpc) is 3.46. The molecule has 0 aliphatic carbocycles. The molecular formula is C26H28N4O. The van der Waals surface area contributed by atoms with Crippen molar-refractivity contribution >= 4 is 10.9 Å². The zero-order chi connectivity index (χ0) is 21.0. The van der Waals surface area contributed by atoms with E-state index in [0.29, 0.717) is 0 Å². The molecule has 5 nitrogen and oxygen atoms in total. The Balaban J connectivity index is 1.31. The molecule has 0 atom stereocenters. The van der Waals surface area contributed by atoms with E-state index >= 15 is 0 Å². The Hall–Kier alpha value is -3.18. The molecule has 1 aliphatic heterocycles. The summed E-state index contributed by atoms with van der Waals surface area (Å²) in [7, 11) is 0. The number of rotatable bonds is 7. The molecule has 158 valence electrons. The minimum Gasteiger partial charge on any atom is -0.301 e. The largest absolute Gasteiger partial charge is 0.301 e. The van der Waals surface area contributed by atoms with Gasteiger partial charge in [-0.25, -0.2) is 0 Å². The Morgan fingerprint density at radius 3 is 2.45 bits per heavy atom. The molecule has 2 aromatic carbocycles. The van der Waals surface area contributed by atoms with Gasteiger partial charge in [-0.05, 0) is 74.2 Å². The van der Waals surface area contributed by atoms with Crippen LogP contribution in [0, 0.1) is 0 Å². The van der Waals surface area contributed by atoms with Gasteiger partial charge in [0.25, 0.3) is 5.56 Å². The zero-order valence-electron chi connectivity index (χ0n) is 17.8. The van der Waals surface area contributed by atoms with Crippen molar-refractivity contribution in [2.45, 2.75) is 32.2 Å². The van der Waals surface area contributed by atoms with Gasteiger partial charge in [0, 0.05) is 29.9 Å². The summed E-state index contributed by atoms with van der Waals surface area (Å²) in [6.07, 6.45) is 8.21. The molecule has 0 spiro atoms. The maximum Gasteiger partial charge on any atom is 0.255 e. The van der Waals surface area contributed by atoms with Crippen LogP contribution in [0.15, 0.2) is 77.9 Å².